The van der Waals surface area contributed by atoms with E-state index in [1.807, 2.05) is 38.1 Å². The normalized spacial score (nSPS) is 14.9. The van der Waals surface area contributed by atoms with E-state index in [2.05, 4.69) is 26.3 Å². The second kappa shape index (κ2) is 8.39. The van der Waals surface area contributed by atoms with E-state index >= 15 is 0 Å². The van der Waals surface area contributed by atoms with Crippen LogP contribution in [0.15, 0.2) is 48.9 Å². The third kappa shape index (κ3) is 4.42. The molecule has 0 saturated carbocycles. The number of hydrogen-bond donors (Lipinski definition) is 1. The van der Waals surface area contributed by atoms with Crippen LogP contribution in [0.4, 0.5) is 0 Å². The fraction of sp³-hybridized carbons (Fsp3) is 0.304. The fourth-order valence-electron chi connectivity index (χ4n) is 3.55. The number of pyridine rings is 1. The summed E-state index contributed by atoms with van der Waals surface area (Å²) in [6, 6.07) is 9.98. The molecule has 6 nitrogen and oxygen atoms in total. The van der Waals surface area contributed by atoms with Gasteiger partial charge >= 0.3 is 0 Å². The van der Waals surface area contributed by atoms with Crippen LogP contribution in [0.5, 0.6) is 5.75 Å². The van der Waals surface area contributed by atoms with Crippen LogP contribution < -0.4 is 10.1 Å². The maximum absolute atomic E-state index is 12.2. The molecule has 0 spiro atoms. The van der Waals surface area contributed by atoms with Crippen molar-refractivity contribution in [1.82, 2.24) is 20.3 Å². The molecule has 1 aliphatic rings. The van der Waals surface area contributed by atoms with Crippen molar-refractivity contribution in [2.24, 2.45) is 0 Å². The molecule has 3 aromatic rings. The van der Waals surface area contributed by atoms with Gasteiger partial charge in [0.05, 0.1) is 23.6 Å². The molecule has 2 aromatic heterocycles. The number of carbonyl (C=O) groups is 1. The second-order valence-corrected chi connectivity index (χ2v) is 7.35. The number of nitrogens with zero attached hydrogens (tertiary/aromatic N) is 3. The van der Waals surface area contributed by atoms with E-state index < -0.39 is 0 Å². The third-order valence-corrected chi connectivity index (χ3v) is 5.05. The van der Waals surface area contributed by atoms with Crippen molar-refractivity contribution < 1.29 is 9.53 Å². The quantitative estimate of drug-likeness (QED) is 0.702. The summed E-state index contributed by atoms with van der Waals surface area (Å²) in [5.74, 6) is 0.874. The summed E-state index contributed by atoms with van der Waals surface area (Å²) in [5, 5.41) is 3.00. The lowest BCUT2D eigenvalue weighted by Gasteiger charge is -2.14. The molecule has 1 aromatic carbocycles. The average molecular weight is 388 g/mol. The third-order valence-electron chi connectivity index (χ3n) is 5.05. The summed E-state index contributed by atoms with van der Waals surface area (Å²) in [4.78, 5) is 25.4. The van der Waals surface area contributed by atoms with Crippen LogP contribution in [-0.2, 0) is 17.6 Å². The molecule has 0 unspecified atom stereocenters. The maximum Gasteiger partial charge on any atom is 0.220 e. The standard InChI is InChI=1S/C23H24N4O2/c1-15-12-25-16(2)22(27-15)20-7-3-6-18-11-19(29-23(18)20)14-26-21(28)9-8-17-5-4-10-24-13-17/h3-7,10,12-13,19H,8-9,11,14H2,1-2H3,(H,26,28)/t19-/m1/s1. The van der Waals surface area contributed by atoms with Crippen molar-refractivity contribution in [2.75, 3.05) is 6.54 Å². The molecule has 0 aliphatic carbocycles. The van der Waals surface area contributed by atoms with Crippen LogP contribution >= 0.6 is 0 Å². The van der Waals surface area contributed by atoms with Crippen LogP contribution in [0.3, 0.4) is 0 Å². The van der Waals surface area contributed by atoms with Gasteiger partial charge in [0.25, 0.3) is 0 Å². The number of benzene rings is 1. The minimum Gasteiger partial charge on any atom is -0.487 e. The van der Waals surface area contributed by atoms with E-state index in [0.29, 0.717) is 19.4 Å². The Balaban J connectivity index is 1.38. The molecule has 0 bridgehead atoms. The highest BCUT2D eigenvalue weighted by atomic mass is 16.5. The molecule has 29 heavy (non-hydrogen) atoms. The highest BCUT2D eigenvalue weighted by molar-refractivity contribution is 5.76. The Bertz CT molecular complexity index is 1020. The number of para-hydroxylation sites is 1. The van der Waals surface area contributed by atoms with Gasteiger partial charge in [-0.05, 0) is 43.5 Å². The Kier molecular flexibility index (Phi) is 5.51. The molecule has 0 fully saturated rings. The molecule has 0 saturated heterocycles. The molecule has 0 radical (unpaired) electrons. The molecule has 3 heterocycles. The molecule has 1 amide bonds. The van der Waals surface area contributed by atoms with Crippen molar-refractivity contribution in [3.8, 4) is 17.0 Å². The van der Waals surface area contributed by atoms with Crippen LogP contribution in [-0.4, -0.2) is 33.5 Å². The lowest BCUT2D eigenvalue weighted by Crippen LogP contribution is -2.34. The van der Waals surface area contributed by atoms with Gasteiger partial charge in [-0.2, -0.15) is 0 Å². The Morgan fingerprint density at radius 3 is 2.93 bits per heavy atom. The van der Waals surface area contributed by atoms with Gasteiger partial charge in [-0.3, -0.25) is 14.8 Å². The van der Waals surface area contributed by atoms with E-state index in [1.54, 1.807) is 18.6 Å². The van der Waals surface area contributed by atoms with E-state index in [1.165, 1.54) is 0 Å². The van der Waals surface area contributed by atoms with Gasteiger partial charge in [0.15, 0.2) is 0 Å². The summed E-state index contributed by atoms with van der Waals surface area (Å²) in [6.45, 7) is 4.37. The number of nitrogens with one attached hydrogen (secondary N) is 1. The van der Waals surface area contributed by atoms with Crippen LogP contribution in [0.2, 0.25) is 0 Å². The van der Waals surface area contributed by atoms with Crippen molar-refractivity contribution in [3.63, 3.8) is 0 Å². The Morgan fingerprint density at radius 2 is 2.10 bits per heavy atom. The SMILES string of the molecule is Cc1cnc(C)c(-c2cccc3c2O[C@@H](CNC(=O)CCc2cccnc2)C3)n1. The second-order valence-electron chi connectivity index (χ2n) is 7.35. The van der Waals surface area contributed by atoms with Gasteiger partial charge in [-0.1, -0.05) is 18.2 Å². The zero-order valence-corrected chi connectivity index (χ0v) is 16.7. The first kappa shape index (κ1) is 19.1. The monoisotopic (exact) mass is 388 g/mol. The zero-order chi connectivity index (χ0) is 20.2. The first-order valence-electron chi connectivity index (χ1n) is 9.85. The number of aromatic nitrogens is 3. The Labute approximate surface area is 170 Å². The van der Waals surface area contributed by atoms with Crippen LogP contribution in [0.25, 0.3) is 11.3 Å². The summed E-state index contributed by atoms with van der Waals surface area (Å²) in [7, 11) is 0. The minimum absolute atomic E-state index is 0.0222. The average Bonchev–Trinajstić information content (AvgIpc) is 3.16. The lowest BCUT2D eigenvalue weighted by molar-refractivity contribution is -0.121. The molecular formula is C23H24N4O2. The highest BCUT2D eigenvalue weighted by Gasteiger charge is 2.27. The van der Waals surface area contributed by atoms with Crippen molar-refractivity contribution >= 4 is 5.91 Å². The van der Waals surface area contributed by atoms with E-state index in [0.717, 1.165) is 45.9 Å². The zero-order valence-electron chi connectivity index (χ0n) is 16.7. The lowest BCUT2D eigenvalue weighted by atomic mass is 10.0. The Hall–Kier alpha value is -3.28. The van der Waals surface area contributed by atoms with E-state index in [4.69, 9.17) is 4.74 Å². The van der Waals surface area contributed by atoms with Gasteiger partial charge in [0.1, 0.15) is 11.9 Å². The summed E-state index contributed by atoms with van der Waals surface area (Å²) < 4.78 is 6.21. The number of ether oxygens (including phenoxy) is 1. The molecule has 148 valence electrons. The van der Waals surface area contributed by atoms with Crippen molar-refractivity contribution in [1.29, 1.82) is 0 Å². The number of aryl methyl sites for hydroxylation is 3. The Morgan fingerprint density at radius 1 is 1.21 bits per heavy atom. The first-order chi connectivity index (χ1) is 14.1. The van der Waals surface area contributed by atoms with Gasteiger partial charge in [-0.15, -0.1) is 0 Å². The topological polar surface area (TPSA) is 77.0 Å². The molecular weight excluding hydrogens is 364 g/mol. The van der Waals surface area contributed by atoms with E-state index in [9.17, 15) is 4.79 Å². The van der Waals surface area contributed by atoms with Crippen molar-refractivity contribution in [2.45, 2.75) is 39.2 Å². The summed E-state index contributed by atoms with van der Waals surface area (Å²) >= 11 is 0. The maximum atomic E-state index is 12.2. The van der Waals surface area contributed by atoms with Crippen molar-refractivity contribution in [3.05, 3.63) is 71.4 Å². The largest absolute Gasteiger partial charge is 0.487 e. The number of fused-ring (bicyclic) bond motifs is 1. The summed E-state index contributed by atoms with van der Waals surface area (Å²) in [5.41, 5.74) is 5.76. The van der Waals surface area contributed by atoms with Crippen LogP contribution in [0, 0.1) is 13.8 Å². The van der Waals surface area contributed by atoms with Crippen LogP contribution in [0.1, 0.15) is 28.9 Å². The fourth-order valence-corrected chi connectivity index (χ4v) is 3.55. The van der Waals surface area contributed by atoms with Gasteiger partial charge in [-0.25, -0.2) is 4.98 Å². The smallest absolute Gasteiger partial charge is 0.220 e. The first-order valence-corrected chi connectivity index (χ1v) is 9.85. The number of rotatable bonds is 6. The molecule has 6 heteroatoms. The number of amides is 1. The summed E-state index contributed by atoms with van der Waals surface area (Å²) in [6.07, 6.45) is 7.11. The van der Waals surface area contributed by atoms with Gasteiger partial charge in [0.2, 0.25) is 5.91 Å². The minimum atomic E-state index is -0.0773. The predicted molar refractivity (Wildman–Crippen MR) is 111 cm³/mol. The molecule has 4 rings (SSSR count). The molecule has 1 N–H and O–H groups in total. The highest BCUT2D eigenvalue weighted by Crippen LogP contribution is 2.38. The molecule has 1 aliphatic heterocycles. The number of hydrogen-bond acceptors (Lipinski definition) is 5. The molecule has 1 atom stereocenters. The predicted octanol–water partition coefficient (Wildman–Crippen LogP) is 3.21. The van der Waals surface area contributed by atoms with E-state index in [-0.39, 0.29) is 12.0 Å². The van der Waals surface area contributed by atoms with Gasteiger partial charge in [0, 0.05) is 37.0 Å². The number of carbonyl (C=O) groups excluding carboxylic acids is 1. The van der Waals surface area contributed by atoms with Gasteiger partial charge < -0.3 is 10.1 Å².